The minimum Gasteiger partial charge on any atom is -0.390 e. The molecule has 1 amide bonds. The molecule has 0 unspecified atom stereocenters. The van der Waals surface area contributed by atoms with E-state index in [0.29, 0.717) is 38.1 Å². The van der Waals surface area contributed by atoms with Crippen LogP contribution in [0.4, 0.5) is 0 Å². The van der Waals surface area contributed by atoms with Gasteiger partial charge in [0.2, 0.25) is 0 Å². The molecule has 0 bridgehead atoms. The van der Waals surface area contributed by atoms with Crippen molar-refractivity contribution in [2.45, 2.75) is 51.2 Å². The Morgan fingerprint density at radius 2 is 2.04 bits per heavy atom. The summed E-state index contributed by atoms with van der Waals surface area (Å²) in [5, 5.41) is 14.9. The maximum Gasteiger partial charge on any atom is 0.253 e. The highest BCUT2D eigenvalue weighted by Gasteiger charge is 2.44. The fourth-order valence-corrected chi connectivity index (χ4v) is 4.32. The predicted molar refractivity (Wildman–Crippen MR) is 102 cm³/mol. The van der Waals surface area contributed by atoms with E-state index < -0.39 is 11.7 Å². The molecular weight excluding hydrogens is 342 g/mol. The first kappa shape index (κ1) is 18.2. The van der Waals surface area contributed by atoms with Crippen molar-refractivity contribution >= 4 is 5.91 Å². The van der Waals surface area contributed by atoms with E-state index in [2.05, 4.69) is 5.10 Å². The van der Waals surface area contributed by atoms with Gasteiger partial charge in [0.1, 0.15) is 0 Å². The molecule has 1 aromatic heterocycles. The van der Waals surface area contributed by atoms with Gasteiger partial charge in [-0.1, -0.05) is 6.07 Å². The lowest BCUT2D eigenvalue weighted by atomic mass is 9.82. The zero-order valence-electron chi connectivity index (χ0n) is 16.0. The van der Waals surface area contributed by atoms with E-state index in [4.69, 9.17) is 4.74 Å². The van der Waals surface area contributed by atoms with E-state index in [1.807, 2.05) is 53.8 Å². The highest BCUT2D eigenvalue weighted by molar-refractivity contribution is 5.94. The van der Waals surface area contributed by atoms with Gasteiger partial charge in [0.05, 0.1) is 23.1 Å². The van der Waals surface area contributed by atoms with E-state index in [1.165, 1.54) is 0 Å². The van der Waals surface area contributed by atoms with E-state index in [0.717, 1.165) is 29.9 Å². The van der Waals surface area contributed by atoms with Crippen molar-refractivity contribution in [2.24, 2.45) is 0 Å². The topological polar surface area (TPSA) is 67.6 Å². The molecule has 2 saturated heterocycles. The molecule has 0 aliphatic carbocycles. The average Bonchev–Trinajstić information content (AvgIpc) is 3.03. The van der Waals surface area contributed by atoms with Crippen LogP contribution in [-0.4, -0.2) is 57.1 Å². The van der Waals surface area contributed by atoms with Crippen LogP contribution >= 0.6 is 0 Å². The van der Waals surface area contributed by atoms with Crippen LogP contribution in [0.25, 0.3) is 5.69 Å². The third kappa shape index (κ3) is 3.39. The molecule has 1 spiro atoms. The van der Waals surface area contributed by atoms with E-state index >= 15 is 0 Å². The minimum absolute atomic E-state index is 0.0264. The van der Waals surface area contributed by atoms with Crippen LogP contribution in [-0.2, 0) is 4.74 Å². The van der Waals surface area contributed by atoms with Crippen molar-refractivity contribution in [1.29, 1.82) is 0 Å². The number of carbonyl (C=O) groups is 1. The fraction of sp³-hybridized carbons (Fsp3) is 0.524. The Morgan fingerprint density at radius 1 is 1.26 bits per heavy atom. The number of amides is 1. The summed E-state index contributed by atoms with van der Waals surface area (Å²) in [6.07, 6.45) is 2.66. The number of ether oxygens (including phenoxy) is 1. The van der Waals surface area contributed by atoms with Crippen molar-refractivity contribution in [1.82, 2.24) is 14.7 Å². The zero-order valence-corrected chi connectivity index (χ0v) is 16.0. The summed E-state index contributed by atoms with van der Waals surface area (Å²) in [6.45, 7) is 5.90. The van der Waals surface area contributed by atoms with Gasteiger partial charge in [-0.25, -0.2) is 4.68 Å². The number of likely N-dealkylation sites (tertiary alicyclic amines) is 1. The summed E-state index contributed by atoms with van der Waals surface area (Å²) in [6, 6.07) is 9.64. The van der Waals surface area contributed by atoms with Crippen LogP contribution < -0.4 is 0 Å². The molecule has 27 heavy (non-hydrogen) atoms. The summed E-state index contributed by atoms with van der Waals surface area (Å²) in [7, 11) is 0. The first-order valence-corrected chi connectivity index (χ1v) is 9.73. The summed E-state index contributed by atoms with van der Waals surface area (Å²) in [5.74, 6) is 0.0264. The molecule has 6 nitrogen and oxygen atoms in total. The Kier molecular flexibility index (Phi) is 4.78. The molecule has 0 radical (unpaired) electrons. The first-order valence-electron chi connectivity index (χ1n) is 9.73. The van der Waals surface area contributed by atoms with Gasteiger partial charge in [0, 0.05) is 31.0 Å². The van der Waals surface area contributed by atoms with Crippen LogP contribution in [0.3, 0.4) is 0 Å². The van der Waals surface area contributed by atoms with Crippen molar-refractivity contribution in [3.63, 3.8) is 0 Å². The number of nitrogens with zero attached hydrogens (tertiary/aromatic N) is 3. The zero-order chi connectivity index (χ0) is 19.0. The third-order valence-corrected chi connectivity index (χ3v) is 5.86. The predicted octanol–water partition coefficient (Wildman–Crippen LogP) is 2.64. The van der Waals surface area contributed by atoms with E-state index in [-0.39, 0.29) is 5.91 Å². The van der Waals surface area contributed by atoms with Crippen molar-refractivity contribution < 1.29 is 14.6 Å². The van der Waals surface area contributed by atoms with Crippen LogP contribution in [0.5, 0.6) is 0 Å². The Bertz CT molecular complexity index is 837. The highest BCUT2D eigenvalue weighted by Crippen LogP contribution is 2.35. The Hall–Kier alpha value is -2.18. The molecule has 1 atom stereocenters. The maximum absolute atomic E-state index is 13.0. The summed E-state index contributed by atoms with van der Waals surface area (Å²) in [4.78, 5) is 14.9. The lowest BCUT2D eigenvalue weighted by molar-refractivity contribution is -0.174. The highest BCUT2D eigenvalue weighted by atomic mass is 16.5. The van der Waals surface area contributed by atoms with Gasteiger partial charge >= 0.3 is 0 Å². The SMILES string of the molecule is Cc1cc(C)n(-c2cccc(C(=O)N3CCC4(CC3)OCCC[C@H]4O)c2)n1. The molecule has 4 rings (SSSR count). The molecule has 1 N–H and O–H groups in total. The Morgan fingerprint density at radius 3 is 2.70 bits per heavy atom. The number of aliphatic hydroxyl groups is 1. The quantitative estimate of drug-likeness (QED) is 0.884. The van der Waals surface area contributed by atoms with Gasteiger partial charge < -0.3 is 14.7 Å². The molecule has 144 valence electrons. The second-order valence-electron chi connectivity index (χ2n) is 7.75. The van der Waals surface area contributed by atoms with Gasteiger partial charge in [-0.2, -0.15) is 5.10 Å². The first-order chi connectivity index (χ1) is 13.0. The van der Waals surface area contributed by atoms with Gasteiger partial charge in [-0.05, 0) is 63.8 Å². The summed E-state index contributed by atoms with van der Waals surface area (Å²) in [5.41, 5.74) is 3.10. The molecule has 0 saturated carbocycles. The van der Waals surface area contributed by atoms with Gasteiger partial charge in [0.25, 0.3) is 5.91 Å². The molecule has 2 aromatic rings. The summed E-state index contributed by atoms with van der Waals surface area (Å²) >= 11 is 0. The number of aromatic nitrogens is 2. The third-order valence-electron chi connectivity index (χ3n) is 5.86. The lowest BCUT2D eigenvalue weighted by Gasteiger charge is -2.46. The maximum atomic E-state index is 13.0. The second kappa shape index (κ2) is 7.09. The molecule has 2 aliphatic heterocycles. The average molecular weight is 369 g/mol. The molecule has 2 fully saturated rings. The Balaban J connectivity index is 1.49. The van der Waals surface area contributed by atoms with E-state index in [9.17, 15) is 9.90 Å². The van der Waals surface area contributed by atoms with Gasteiger partial charge in [-0.3, -0.25) is 4.79 Å². The lowest BCUT2D eigenvalue weighted by Crippen LogP contribution is -2.56. The van der Waals surface area contributed by atoms with Crippen LogP contribution in [0.2, 0.25) is 0 Å². The van der Waals surface area contributed by atoms with Crippen molar-refractivity contribution in [3.8, 4) is 5.69 Å². The number of rotatable bonds is 2. The number of aliphatic hydroxyl groups excluding tert-OH is 1. The minimum atomic E-state index is -0.458. The molecule has 1 aromatic carbocycles. The summed E-state index contributed by atoms with van der Waals surface area (Å²) < 4.78 is 7.81. The van der Waals surface area contributed by atoms with Crippen LogP contribution in [0, 0.1) is 13.8 Å². The number of aryl methyl sites for hydroxylation is 2. The number of carbonyl (C=O) groups excluding carboxylic acids is 1. The molecular formula is C21H27N3O3. The van der Waals surface area contributed by atoms with E-state index in [1.54, 1.807) is 0 Å². The van der Waals surface area contributed by atoms with Crippen molar-refractivity contribution in [3.05, 3.63) is 47.3 Å². The molecule has 6 heteroatoms. The number of piperidine rings is 1. The fourth-order valence-electron chi connectivity index (χ4n) is 4.32. The normalized spacial score (nSPS) is 22.2. The van der Waals surface area contributed by atoms with Gasteiger partial charge in [-0.15, -0.1) is 0 Å². The number of hydrogen-bond donors (Lipinski definition) is 1. The van der Waals surface area contributed by atoms with Gasteiger partial charge in [0.15, 0.2) is 0 Å². The Labute approximate surface area is 159 Å². The number of hydrogen-bond acceptors (Lipinski definition) is 4. The van der Waals surface area contributed by atoms with Crippen molar-refractivity contribution in [2.75, 3.05) is 19.7 Å². The van der Waals surface area contributed by atoms with Crippen LogP contribution in [0.1, 0.15) is 47.4 Å². The smallest absolute Gasteiger partial charge is 0.253 e. The standard InChI is InChI=1S/C21H27N3O3/c1-15-13-16(2)24(22-15)18-6-3-5-17(14-18)20(26)23-10-8-21(9-11-23)19(25)7-4-12-27-21/h3,5-6,13-14,19,25H,4,7-12H2,1-2H3/t19-/m1/s1. The largest absolute Gasteiger partial charge is 0.390 e. The molecule has 2 aliphatic rings. The molecule has 3 heterocycles. The monoisotopic (exact) mass is 369 g/mol. The van der Waals surface area contributed by atoms with Crippen LogP contribution in [0.15, 0.2) is 30.3 Å². The second-order valence-corrected chi connectivity index (χ2v) is 7.75. The number of benzene rings is 1.